The Kier molecular flexibility index (Phi) is 6.41. The first-order valence-corrected chi connectivity index (χ1v) is 11.1. The number of para-hydroxylation sites is 1. The Labute approximate surface area is 176 Å². The fraction of sp³-hybridized carbons (Fsp3) is 0.520. The van der Waals surface area contributed by atoms with Gasteiger partial charge in [-0.3, -0.25) is 9.80 Å². The van der Waals surface area contributed by atoms with Gasteiger partial charge >= 0.3 is 0 Å². The van der Waals surface area contributed by atoms with Crippen LogP contribution in [0.3, 0.4) is 0 Å². The van der Waals surface area contributed by atoms with E-state index in [1.165, 1.54) is 55.8 Å². The summed E-state index contributed by atoms with van der Waals surface area (Å²) in [5, 5.41) is 0. The molecule has 2 aromatic rings. The Morgan fingerprint density at radius 1 is 0.862 bits per heavy atom. The molecule has 0 radical (unpaired) electrons. The van der Waals surface area contributed by atoms with Crippen LogP contribution in [-0.4, -0.2) is 62.2 Å². The van der Waals surface area contributed by atoms with Crippen LogP contribution in [0, 0.1) is 6.92 Å². The molecular weight excluding hydrogens is 358 g/mol. The summed E-state index contributed by atoms with van der Waals surface area (Å²) in [5.41, 5.74) is 4.19. The van der Waals surface area contributed by atoms with E-state index in [4.69, 9.17) is 4.74 Å². The molecule has 4 heteroatoms. The SMILES string of the molecule is COc1ccc(C(C)N2CCC(N3CCN(c4ccccc4C)CC3)CC2)cc1. The van der Waals surface area contributed by atoms with Gasteiger partial charge in [0, 0.05) is 57.0 Å². The van der Waals surface area contributed by atoms with Crippen LogP contribution in [0.25, 0.3) is 0 Å². The lowest BCUT2D eigenvalue weighted by Crippen LogP contribution is -2.53. The highest BCUT2D eigenvalue weighted by Gasteiger charge is 2.29. The van der Waals surface area contributed by atoms with E-state index in [1.807, 2.05) is 0 Å². The molecule has 4 nitrogen and oxygen atoms in total. The zero-order valence-electron chi connectivity index (χ0n) is 18.2. The van der Waals surface area contributed by atoms with Gasteiger partial charge in [0.15, 0.2) is 0 Å². The topological polar surface area (TPSA) is 19.0 Å². The van der Waals surface area contributed by atoms with Gasteiger partial charge in [-0.05, 0) is 56.0 Å². The molecule has 0 spiro atoms. The maximum Gasteiger partial charge on any atom is 0.118 e. The predicted octanol–water partition coefficient (Wildman–Crippen LogP) is 4.35. The molecule has 156 valence electrons. The summed E-state index contributed by atoms with van der Waals surface area (Å²) in [6, 6.07) is 18.6. The summed E-state index contributed by atoms with van der Waals surface area (Å²) in [4.78, 5) is 7.94. The van der Waals surface area contributed by atoms with E-state index in [0.29, 0.717) is 6.04 Å². The predicted molar refractivity (Wildman–Crippen MR) is 121 cm³/mol. The third-order valence-electron chi connectivity index (χ3n) is 6.93. The number of anilines is 1. The van der Waals surface area contributed by atoms with Crippen molar-refractivity contribution in [2.45, 2.75) is 38.8 Å². The molecule has 29 heavy (non-hydrogen) atoms. The summed E-state index contributed by atoms with van der Waals surface area (Å²) in [6.45, 7) is 11.6. The van der Waals surface area contributed by atoms with Crippen molar-refractivity contribution in [2.75, 3.05) is 51.3 Å². The molecule has 2 fully saturated rings. The van der Waals surface area contributed by atoms with Crippen LogP contribution in [0.2, 0.25) is 0 Å². The second-order valence-corrected chi connectivity index (χ2v) is 8.53. The number of ether oxygens (including phenoxy) is 1. The molecule has 4 rings (SSSR count). The number of rotatable bonds is 5. The first-order chi connectivity index (χ1) is 14.2. The first kappa shape index (κ1) is 20.2. The highest BCUT2D eigenvalue weighted by Crippen LogP contribution is 2.28. The summed E-state index contributed by atoms with van der Waals surface area (Å²) < 4.78 is 5.30. The zero-order valence-corrected chi connectivity index (χ0v) is 18.2. The Morgan fingerprint density at radius 3 is 2.14 bits per heavy atom. The maximum atomic E-state index is 5.30. The maximum absolute atomic E-state index is 5.30. The summed E-state index contributed by atoms with van der Waals surface area (Å²) >= 11 is 0. The van der Waals surface area contributed by atoms with Gasteiger partial charge < -0.3 is 9.64 Å². The number of likely N-dealkylation sites (tertiary alicyclic amines) is 1. The minimum atomic E-state index is 0.472. The molecule has 1 unspecified atom stereocenters. The lowest BCUT2D eigenvalue weighted by atomic mass is 9.98. The first-order valence-electron chi connectivity index (χ1n) is 11.1. The summed E-state index contributed by atoms with van der Waals surface area (Å²) in [7, 11) is 1.73. The minimum Gasteiger partial charge on any atom is -0.497 e. The van der Waals surface area contributed by atoms with Crippen LogP contribution in [0.15, 0.2) is 48.5 Å². The second-order valence-electron chi connectivity index (χ2n) is 8.53. The Balaban J connectivity index is 1.27. The van der Waals surface area contributed by atoms with E-state index in [-0.39, 0.29) is 0 Å². The lowest BCUT2D eigenvalue weighted by Gasteiger charge is -2.44. The van der Waals surface area contributed by atoms with Crippen LogP contribution in [0.4, 0.5) is 5.69 Å². The van der Waals surface area contributed by atoms with Crippen molar-refractivity contribution < 1.29 is 4.74 Å². The van der Waals surface area contributed by atoms with E-state index in [9.17, 15) is 0 Å². The van der Waals surface area contributed by atoms with Gasteiger partial charge in [0.2, 0.25) is 0 Å². The quantitative estimate of drug-likeness (QED) is 0.752. The van der Waals surface area contributed by atoms with Crippen LogP contribution >= 0.6 is 0 Å². The van der Waals surface area contributed by atoms with Crippen molar-refractivity contribution in [1.82, 2.24) is 9.80 Å². The average molecular weight is 394 g/mol. The van der Waals surface area contributed by atoms with Gasteiger partial charge in [0.25, 0.3) is 0 Å². The highest BCUT2D eigenvalue weighted by molar-refractivity contribution is 5.53. The molecule has 2 saturated heterocycles. The second kappa shape index (κ2) is 9.19. The number of nitrogens with zero attached hydrogens (tertiary/aromatic N) is 3. The van der Waals surface area contributed by atoms with Crippen molar-refractivity contribution in [3.05, 3.63) is 59.7 Å². The molecule has 2 aliphatic rings. The third kappa shape index (κ3) is 4.59. The van der Waals surface area contributed by atoms with Gasteiger partial charge in [0.1, 0.15) is 5.75 Å². The monoisotopic (exact) mass is 393 g/mol. The summed E-state index contributed by atoms with van der Waals surface area (Å²) in [5.74, 6) is 0.935. The smallest absolute Gasteiger partial charge is 0.118 e. The molecule has 0 saturated carbocycles. The van der Waals surface area contributed by atoms with E-state index in [0.717, 1.165) is 24.9 Å². The van der Waals surface area contributed by atoms with E-state index in [2.05, 4.69) is 77.1 Å². The molecule has 2 aliphatic heterocycles. The normalized spacial score (nSPS) is 20.6. The minimum absolute atomic E-state index is 0.472. The van der Waals surface area contributed by atoms with Gasteiger partial charge in [-0.25, -0.2) is 0 Å². The summed E-state index contributed by atoms with van der Waals surface area (Å²) in [6.07, 6.45) is 2.57. The number of piperidine rings is 1. The van der Waals surface area contributed by atoms with Gasteiger partial charge in [0.05, 0.1) is 7.11 Å². The number of aryl methyl sites for hydroxylation is 1. The Morgan fingerprint density at radius 2 is 1.52 bits per heavy atom. The Bertz CT molecular complexity index is 775. The molecule has 1 atom stereocenters. The van der Waals surface area contributed by atoms with Crippen LogP contribution in [0.5, 0.6) is 5.75 Å². The van der Waals surface area contributed by atoms with Crippen LogP contribution in [-0.2, 0) is 0 Å². The number of hydrogen-bond donors (Lipinski definition) is 0. The van der Waals surface area contributed by atoms with Crippen molar-refractivity contribution in [1.29, 1.82) is 0 Å². The number of methoxy groups -OCH3 is 1. The molecule has 2 heterocycles. The standard InChI is InChI=1S/C25H35N3O/c1-20-6-4-5-7-25(20)28-18-16-27(17-19-28)23-12-14-26(15-13-23)21(2)22-8-10-24(29-3)11-9-22/h4-11,21,23H,12-19H2,1-3H3. The molecule has 0 aliphatic carbocycles. The van der Waals surface area contributed by atoms with Gasteiger partial charge in [-0.1, -0.05) is 30.3 Å². The van der Waals surface area contributed by atoms with E-state index < -0.39 is 0 Å². The molecule has 0 bridgehead atoms. The van der Waals surface area contributed by atoms with Crippen LogP contribution in [0.1, 0.15) is 36.9 Å². The van der Waals surface area contributed by atoms with Gasteiger partial charge in [-0.15, -0.1) is 0 Å². The number of benzene rings is 2. The fourth-order valence-corrected chi connectivity index (χ4v) is 4.98. The molecule has 0 amide bonds. The van der Waals surface area contributed by atoms with E-state index >= 15 is 0 Å². The molecular formula is C25H35N3O. The zero-order chi connectivity index (χ0) is 20.2. The molecule has 0 aromatic heterocycles. The van der Waals surface area contributed by atoms with E-state index in [1.54, 1.807) is 7.11 Å². The molecule has 2 aromatic carbocycles. The average Bonchev–Trinajstić information content (AvgIpc) is 2.79. The number of piperazine rings is 1. The van der Waals surface area contributed by atoms with Crippen molar-refractivity contribution in [2.24, 2.45) is 0 Å². The van der Waals surface area contributed by atoms with Crippen molar-refractivity contribution in [3.63, 3.8) is 0 Å². The fourth-order valence-electron chi connectivity index (χ4n) is 4.98. The third-order valence-corrected chi connectivity index (χ3v) is 6.93. The van der Waals surface area contributed by atoms with Crippen molar-refractivity contribution in [3.8, 4) is 5.75 Å². The Hall–Kier alpha value is -2.04. The lowest BCUT2D eigenvalue weighted by molar-refractivity contribution is 0.0840. The van der Waals surface area contributed by atoms with Crippen LogP contribution < -0.4 is 9.64 Å². The molecule has 0 N–H and O–H groups in total. The van der Waals surface area contributed by atoms with Crippen molar-refractivity contribution >= 4 is 5.69 Å². The largest absolute Gasteiger partial charge is 0.497 e. The highest BCUT2D eigenvalue weighted by atomic mass is 16.5. The van der Waals surface area contributed by atoms with Gasteiger partial charge in [-0.2, -0.15) is 0 Å². The number of hydrogen-bond acceptors (Lipinski definition) is 4.